The molecule has 1 aliphatic heterocycles. The number of amides is 1. The van der Waals surface area contributed by atoms with Crippen molar-refractivity contribution >= 4 is 23.0 Å². The molecule has 0 radical (unpaired) electrons. The highest BCUT2D eigenvalue weighted by Gasteiger charge is 2.58. The highest BCUT2D eigenvalue weighted by atomic mass is 19.3. The quantitative estimate of drug-likeness (QED) is 0.173. The minimum atomic E-state index is -4.16. The van der Waals surface area contributed by atoms with Gasteiger partial charge in [0, 0.05) is 66.6 Å². The summed E-state index contributed by atoms with van der Waals surface area (Å²) in [5, 5.41) is 24.3. The number of rotatable bonds is 11. The number of piperazine rings is 1. The summed E-state index contributed by atoms with van der Waals surface area (Å²) in [7, 11) is 0. The molecule has 0 bridgehead atoms. The van der Waals surface area contributed by atoms with Gasteiger partial charge in [0.1, 0.15) is 36.4 Å². The first-order valence-electron chi connectivity index (χ1n) is 15.5. The number of aromatic nitrogens is 5. The molecule has 1 amide bonds. The highest BCUT2D eigenvalue weighted by Crippen LogP contribution is 2.47. The Labute approximate surface area is 283 Å². The summed E-state index contributed by atoms with van der Waals surface area (Å²) in [5.74, 6) is -7.11. The third-order valence-corrected chi connectivity index (χ3v) is 8.61. The number of carbonyl (C=O) groups is 1. The minimum absolute atomic E-state index is 0.411. The molecule has 0 spiro atoms. The second-order valence-electron chi connectivity index (χ2n) is 11.8. The fraction of sp³-hybridized carbons (Fsp3) is 0.265. The van der Waals surface area contributed by atoms with Gasteiger partial charge >= 0.3 is 5.92 Å². The first kappa shape index (κ1) is 34.4. The molecule has 1 unspecified atom stereocenters. The van der Waals surface area contributed by atoms with Crippen LogP contribution >= 0.6 is 0 Å². The Morgan fingerprint density at radius 1 is 0.900 bits per heavy atom. The van der Waals surface area contributed by atoms with Crippen LogP contribution in [-0.2, 0) is 22.9 Å². The molecule has 1 aliphatic rings. The number of nitrogens with one attached hydrogen (secondary N) is 1. The molecule has 0 aliphatic carbocycles. The van der Waals surface area contributed by atoms with Crippen LogP contribution in [0.3, 0.4) is 0 Å². The summed E-state index contributed by atoms with van der Waals surface area (Å²) in [6.07, 6.45) is 2.23. The van der Waals surface area contributed by atoms with Gasteiger partial charge in [0.25, 0.3) is 0 Å². The topological polar surface area (TPSA) is 138 Å². The van der Waals surface area contributed by atoms with Gasteiger partial charge in [-0.1, -0.05) is 18.2 Å². The van der Waals surface area contributed by atoms with Crippen molar-refractivity contribution in [3.63, 3.8) is 0 Å². The summed E-state index contributed by atoms with van der Waals surface area (Å²) in [6.45, 7) is 1.06. The van der Waals surface area contributed by atoms with Crippen LogP contribution in [0.2, 0.25) is 0 Å². The van der Waals surface area contributed by atoms with E-state index in [-0.39, 0.29) is 0 Å². The summed E-state index contributed by atoms with van der Waals surface area (Å²) in [6, 6.07) is 18.0. The van der Waals surface area contributed by atoms with E-state index in [9.17, 15) is 23.1 Å². The van der Waals surface area contributed by atoms with Crippen molar-refractivity contribution in [2.24, 2.45) is 5.73 Å². The van der Waals surface area contributed by atoms with Gasteiger partial charge in [0.2, 0.25) is 5.91 Å². The summed E-state index contributed by atoms with van der Waals surface area (Å²) in [5.41, 5.74) is 4.24. The third kappa shape index (κ3) is 6.97. The standard InChI is InChI=1S/C34H32F5N9O2/c35-18-30(40)32(49)43-25-5-9-27(10-6-25)47-15-13-46(14-16-47)26-7-1-22(2-8-26)23-3-12-31(41-19-23)34(38,39)33(50,20-48-21-42-44-45-48)28-11-4-24(36)17-29(28)37/h1-12,17,19,21,30,50H,13-16,18,20,40H2,(H,43,49)/t30?,33-/m0/s1. The molecule has 1 saturated heterocycles. The molecule has 6 rings (SSSR count). The SMILES string of the molecule is NC(CF)C(=O)Nc1ccc(N2CCN(c3ccc(-c4ccc(C(F)(F)[C@](O)(Cn5cnnn5)c5ccc(F)cc5F)nc4)cc3)CC2)cc1. The van der Waals surface area contributed by atoms with Crippen molar-refractivity contribution in [3.05, 3.63) is 114 Å². The van der Waals surface area contributed by atoms with E-state index in [1.165, 1.54) is 12.3 Å². The van der Waals surface area contributed by atoms with Crippen LogP contribution < -0.4 is 20.9 Å². The van der Waals surface area contributed by atoms with E-state index in [0.717, 1.165) is 66.8 Å². The number of halogens is 5. The Balaban J connectivity index is 1.12. The van der Waals surface area contributed by atoms with Crippen LogP contribution in [0.1, 0.15) is 11.3 Å². The molecule has 50 heavy (non-hydrogen) atoms. The smallest absolute Gasteiger partial charge is 0.323 e. The normalized spacial score (nSPS) is 15.4. The zero-order chi connectivity index (χ0) is 35.5. The number of alkyl halides is 3. The van der Waals surface area contributed by atoms with E-state index in [0.29, 0.717) is 22.9 Å². The first-order valence-corrected chi connectivity index (χ1v) is 15.5. The number of aliphatic hydroxyl groups is 1. The van der Waals surface area contributed by atoms with Crippen molar-refractivity contribution in [2.75, 3.05) is 48.0 Å². The Morgan fingerprint density at radius 3 is 2.06 bits per heavy atom. The second kappa shape index (κ2) is 14.2. The maximum absolute atomic E-state index is 16.1. The summed E-state index contributed by atoms with van der Waals surface area (Å²) in [4.78, 5) is 20.2. The average Bonchev–Trinajstić information content (AvgIpc) is 3.64. The fourth-order valence-corrected chi connectivity index (χ4v) is 5.78. The molecular formula is C34H32F5N9O2. The number of nitrogens with two attached hydrogens (primary N) is 1. The van der Waals surface area contributed by atoms with Gasteiger partial charge in [-0.25, -0.2) is 17.9 Å². The van der Waals surface area contributed by atoms with E-state index in [1.54, 1.807) is 12.1 Å². The Morgan fingerprint density at radius 2 is 1.52 bits per heavy atom. The molecule has 0 saturated carbocycles. The number of hydrogen-bond acceptors (Lipinski definition) is 9. The van der Waals surface area contributed by atoms with Gasteiger partial charge in [-0.15, -0.1) is 5.10 Å². The van der Waals surface area contributed by atoms with Gasteiger partial charge in [-0.2, -0.15) is 8.78 Å². The maximum Gasteiger partial charge on any atom is 0.323 e. The van der Waals surface area contributed by atoms with Gasteiger partial charge < -0.3 is 26.0 Å². The van der Waals surface area contributed by atoms with E-state index in [2.05, 4.69) is 35.6 Å². The molecule has 260 valence electrons. The number of benzene rings is 3. The number of pyridine rings is 1. The van der Waals surface area contributed by atoms with Crippen LogP contribution in [0.25, 0.3) is 11.1 Å². The summed E-state index contributed by atoms with van der Waals surface area (Å²) < 4.78 is 74.1. The molecule has 16 heteroatoms. The zero-order valence-electron chi connectivity index (χ0n) is 26.4. The van der Waals surface area contributed by atoms with Crippen molar-refractivity contribution in [2.45, 2.75) is 24.1 Å². The Kier molecular flexibility index (Phi) is 9.74. The molecule has 3 heterocycles. The number of nitrogens with zero attached hydrogens (tertiary/aromatic N) is 7. The lowest BCUT2D eigenvalue weighted by Crippen LogP contribution is -2.48. The predicted molar refractivity (Wildman–Crippen MR) is 175 cm³/mol. The lowest BCUT2D eigenvalue weighted by Gasteiger charge is -2.37. The van der Waals surface area contributed by atoms with Crippen molar-refractivity contribution < 1.29 is 31.9 Å². The minimum Gasteiger partial charge on any atom is -0.377 e. The van der Waals surface area contributed by atoms with Crippen LogP contribution in [0, 0.1) is 11.6 Å². The molecule has 2 atom stereocenters. The van der Waals surface area contributed by atoms with E-state index in [1.807, 2.05) is 36.4 Å². The predicted octanol–water partition coefficient (Wildman–Crippen LogP) is 4.26. The fourth-order valence-electron chi connectivity index (χ4n) is 5.78. The molecule has 3 aromatic carbocycles. The monoisotopic (exact) mass is 693 g/mol. The van der Waals surface area contributed by atoms with Crippen molar-refractivity contribution in [1.82, 2.24) is 25.2 Å². The van der Waals surface area contributed by atoms with E-state index < -0.39 is 59.6 Å². The molecular weight excluding hydrogens is 661 g/mol. The molecule has 4 N–H and O–H groups in total. The van der Waals surface area contributed by atoms with Gasteiger partial charge in [-0.05, 0) is 70.6 Å². The largest absolute Gasteiger partial charge is 0.377 e. The third-order valence-electron chi connectivity index (χ3n) is 8.61. The van der Waals surface area contributed by atoms with E-state index in [4.69, 9.17) is 5.73 Å². The van der Waals surface area contributed by atoms with Crippen LogP contribution in [0.5, 0.6) is 0 Å². The number of anilines is 3. The lowest BCUT2D eigenvalue weighted by atomic mass is 9.84. The molecule has 1 fully saturated rings. The first-order chi connectivity index (χ1) is 24.0. The molecule has 11 nitrogen and oxygen atoms in total. The summed E-state index contributed by atoms with van der Waals surface area (Å²) >= 11 is 0. The zero-order valence-corrected chi connectivity index (χ0v) is 26.4. The van der Waals surface area contributed by atoms with Gasteiger partial charge in [0.15, 0.2) is 5.60 Å². The van der Waals surface area contributed by atoms with Crippen LogP contribution in [0.15, 0.2) is 91.4 Å². The number of carbonyl (C=O) groups excluding carboxylic acids is 1. The maximum atomic E-state index is 16.1. The number of hydrogen-bond donors (Lipinski definition) is 3. The van der Waals surface area contributed by atoms with E-state index >= 15 is 8.78 Å². The Bertz CT molecular complexity index is 1910. The highest BCUT2D eigenvalue weighted by molar-refractivity contribution is 5.94. The average molecular weight is 694 g/mol. The second-order valence-corrected chi connectivity index (χ2v) is 11.8. The molecule has 2 aromatic heterocycles. The van der Waals surface area contributed by atoms with Crippen molar-refractivity contribution in [1.29, 1.82) is 0 Å². The number of tetrazole rings is 1. The van der Waals surface area contributed by atoms with Crippen LogP contribution in [0.4, 0.5) is 39.0 Å². The van der Waals surface area contributed by atoms with Crippen molar-refractivity contribution in [3.8, 4) is 11.1 Å². The van der Waals surface area contributed by atoms with Crippen LogP contribution in [-0.4, -0.2) is 75.1 Å². The van der Waals surface area contributed by atoms with Gasteiger partial charge in [0.05, 0.1) is 6.54 Å². The lowest BCUT2D eigenvalue weighted by molar-refractivity contribution is -0.207. The Hall–Kier alpha value is -5.48. The molecule has 5 aromatic rings. The van der Waals surface area contributed by atoms with Gasteiger partial charge in [-0.3, -0.25) is 9.78 Å².